The number of hydrogen-bond donors (Lipinski definition) is 1. The third-order valence-electron chi connectivity index (χ3n) is 5.39. The molecule has 3 aromatic rings. The second kappa shape index (κ2) is 9.68. The Morgan fingerprint density at radius 3 is 2.53 bits per heavy atom. The van der Waals surface area contributed by atoms with Crippen molar-refractivity contribution in [2.24, 2.45) is 0 Å². The third-order valence-corrected chi connectivity index (χ3v) is 6.80. The molecule has 1 N–H and O–H groups in total. The van der Waals surface area contributed by atoms with Crippen molar-refractivity contribution in [3.05, 3.63) is 88.2 Å². The summed E-state index contributed by atoms with van der Waals surface area (Å²) >= 11 is 0. The minimum Gasteiger partial charge on any atom is -0.490 e. The van der Waals surface area contributed by atoms with Crippen LogP contribution in [0.2, 0.25) is 0 Å². The lowest BCUT2D eigenvalue weighted by Crippen LogP contribution is -2.41. The maximum atomic E-state index is 13.9. The smallest absolute Gasteiger partial charge is 0.339 e. The number of piperidine rings is 1. The number of halogens is 1. The standard InChI is InChI=1S/C24H23FN2O6S/c1-16-13-20(15-23(28)32-16)33-19-9-11-27(12-10-19)24(29)17-5-4-6-18(14-17)26-34(30,31)22-8-3-2-7-21(22)25/h2-8,13-15,19,26H,9-12H2,1H3. The Balaban J connectivity index is 1.40. The molecule has 0 spiro atoms. The Morgan fingerprint density at radius 1 is 1.09 bits per heavy atom. The van der Waals surface area contributed by atoms with E-state index in [2.05, 4.69) is 4.72 Å². The zero-order chi connectivity index (χ0) is 24.3. The molecule has 1 aromatic heterocycles. The highest BCUT2D eigenvalue weighted by molar-refractivity contribution is 7.92. The van der Waals surface area contributed by atoms with Crippen LogP contribution >= 0.6 is 0 Å². The molecule has 4 rings (SSSR count). The molecule has 178 valence electrons. The molecule has 1 fully saturated rings. The number of carbonyl (C=O) groups excluding carboxylic acids is 1. The van der Waals surface area contributed by atoms with Crippen LogP contribution in [0.1, 0.15) is 29.0 Å². The molecule has 1 amide bonds. The topological polar surface area (TPSA) is 106 Å². The Hall–Kier alpha value is -3.66. The van der Waals surface area contributed by atoms with E-state index in [1.54, 1.807) is 30.0 Å². The molecule has 0 atom stereocenters. The molecule has 0 saturated carbocycles. The van der Waals surface area contributed by atoms with Gasteiger partial charge in [-0.3, -0.25) is 9.52 Å². The molecular weight excluding hydrogens is 463 g/mol. The number of ether oxygens (including phenoxy) is 1. The van der Waals surface area contributed by atoms with Crippen molar-refractivity contribution in [1.29, 1.82) is 0 Å². The van der Waals surface area contributed by atoms with Crippen LogP contribution in [0, 0.1) is 12.7 Å². The lowest BCUT2D eigenvalue weighted by atomic mass is 10.1. The summed E-state index contributed by atoms with van der Waals surface area (Å²) < 4.78 is 52.2. The molecular formula is C24H23FN2O6S. The maximum Gasteiger partial charge on any atom is 0.339 e. The van der Waals surface area contributed by atoms with E-state index in [0.717, 1.165) is 6.07 Å². The van der Waals surface area contributed by atoms with Gasteiger partial charge < -0.3 is 14.1 Å². The van der Waals surface area contributed by atoms with Gasteiger partial charge >= 0.3 is 5.63 Å². The summed E-state index contributed by atoms with van der Waals surface area (Å²) in [5, 5.41) is 0. The number of rotatable bonds is 6. The quantitative estimate of drug-likeness (QED) is 0.571. The predicted molar refractivity (Wildman–Crippen MR) is 123 cm³/mol. The first-order valence-corrected chi connectivity index (χ1v) is 12.1. The van der Waals surface area contributed by atoms with Crippen LogP contribution in [-0.4, -0.2) is 38.4 Å². The van der Waals surface area contributed by atoms with Gasteiger partial charge in [0.05, 0.1) is 6.07 Å². The maximum absolute atomic E-state index is 13.9. The second-order valence-corrected chi connectivity index (χ2v) is 9.60. The number of nitrogens with one attached hydrogen (secondary N) is 1. The van der Waals surface area contributed by atoms with Gasteiger partial charge in [0.2, 0.25) is 0 Å². The fourth-order valence-corrected chi connectivity index (χ4v) is 4.91. The van der Waals surface area contributed by atoms with E-state index in [9.17, 15) is 22.4 Å². The molecule has 1 aliphatic heterocycles. The van der Waals surface area contributed by atoms with Crippen molar-refractivity contribution in [3.63, 3.8) is 0 Å². The number of likely N-dealkylation sites (tertiary alicyclic amines) is 1. The van der Waals surface area contributed by atoms with Gasteiger partial charge in [-0.2, -0.15) is 0 Å². The highest BCUT2D eigenvalue weighted by atomic mass is 32.2. The van der Waals surface area contributed by atoms with Crippen LogP contribution < -0.4 is 15.1 Å². The van der Waals surface area contributed by atoms with Gasteiger partial charge in [0.15, 0.2) is 0 Å². The van der Waals surface area contributed by atoms with Crippen LogP contribution in [0.25, 0.3) is 0 Å². The molecule has 10 heteroatoms. The molecule has 2 aromatic carbocycles. The highest BCUT2D eigenvalue weighted by Crippen LogP contribution is 2.23. The Bertz CT molecular complexity index is 1360. The van der Waals surface area contributed by atoms with Gasteiger partial charge in [0.25, 0.3) is 15.9 Å². The lowest BCUT2D eigenvalue weighted by molar-refractivity contribution is 0.0594. The number of hydrogen-bond acceptors (Lipinski definition) is 6. The lowest BCUT2D eigenvalue weighted by Gasteiger charge is -2.32. The van der Waals surface area contributed by atoms with E-state index in [1.807, 2.05) is 0 Å². The Labute approximate surface area is 196 Å². The van der Waals surface area contributed by atoms with Gasteiger partial charge in [-0.25, -0.2) is 17.6 Å². The van der Waals surface area contributed by atoms with Crippen molar-refractivity contribution in [3.8, 4) is 5.75 Å². The van der Waals surface area contributed by atoms with E-state index in [-0.39, 0.29) is 17.7 Å². The first-order valence-electron chi connectivity index (χ1n) is 10.7. The van der Waals surface area contributed by atoms with Crippen molar-refractivity contribution >= 4 is 21.6 Å². The molecule has 34 heavy (non-hydrogen) atoms. The zero-order valence-electron chi connectivity index (χ0n) is 18.4. The molecule has 1 saturated heterocycles. The molecule has 0 bridgehead atoms. The summed E-state index contributed by atoms with van der Waals surface area (Å²) in [5.74, 6) is -0.213. The second-order valence-electron chi connectivity index (χ2n) is 7.95. The van der Waals surface area contributed by atoms with Crippen molar-refractivity contribution < 1.29 is 26.8 Å². The Morgan fingerprint density at radius 2 is 1.82 bits per heavy atom. The molecule has 0 aliphatic carbocycles. The van der Waals surface area contributed by atoms with Gasteiger partial charge in [-0.1, -0.05) is 18.2 Å². The van der Waals surface area contributed by atoms with Gasteiger partial charge in [0, 0.05) is 43.2 Å². The first-order chi connectivity index (χ1) is 16.2. The predicted octanol–water partition coefficient (Wildman–Crippen LogP) is 3.57. The van der Waals surface area contributed by atoms with E-state index in [0.29, 0.717) is 43.0 Å². The largest absolute Gasteiger partial charge is 0.490 e. The zero-order valence-corrected chi connectivity index (χ0v) is 19.2. The number of aryl methyl sites for hydroxylation is 1. The first kappa shape index (κ1) is 23.5. The summed E-state index contributed by atoms with van der Waals surface area (Å²) in [6.45, 7) is 2.55. The summed E-state index contributed by atoms with van der Waals surface area (Å²) in [5.41, 5.74) is -0.0110. The molecule has 1 aliphatic rings. The summed E-state index contributed by atoms with van der Waals surface area (Å²) in [6, 6.07) is 14.1. The van der Waals surface area contributed by atoms with Gasteiger partial charge in [-0.15, -0.1) is 0 Å². The minimum absolute atomic E-state index is 0.149. The Kier molecular flexibility index (Phi) is 6.69. The van der Waals surface area contributed by atoms with Crippen LogP contribution in [0.4, 0.5) is 10.1 Å². The van der Waals surface area contributed by atoms with Crippen LogP contribution in [0.15, 0.2) is 74.8 Å². The van der Waals surface area contributed by atoms with Crippen molar-refractivity contribution in [1.82, 2.24) is 4.90 Å². The van der Waals surface area contributed by atoms with Gasteiger partial charge in [0.1, 0.15) is 28.3 Å². The van der Waals surface area contributed by atoms with Crippen molar-refractivity contribution in [2.45, 2.75) is 30.8 Å². The SMILES string of the molecule is Cc1cc(OC2CCN(C(=O)c3cccc(NS(=O)(=O)c4ccccc4F)c3)CC2)cc(=O)o1. The molecule has 2 heterocycles. The summed E-state index contributed by atoms with van der Waals surface area (Å²) in [6.07, 6.45) is 0.999. The average Bonchev–Trinajstić information content (AvgIpc) is 2.78. The minimum atomic E-state index is -4.15. The number of carbonyl (C=O) groups is 1. The van der Waals surface area contributed by atoms with Gasteiger partial charge in [-0.05, 0) is 37.3 Å². The summed E-state index contributed by atoms with van der Waals surface area (Å²) in [4.78, 5) is 25.7. The highest BCUT2D eigenvalue weighted by Gasteiger charge is 2.26. The van der Waals surface area contributed by atoms with E-state index in [4.69, 9.17) is 9.15 Å². The molecule has 0 unspecified atom stereocenters. The average molecular weight is 487 g/mol. The van der Waals surface area contributed by atoms with E-state index < -0.39 is 26.4 Å². The van der Waals surface area contributed by atoms with E-state index >= 15 is 0 Å². The normalized spacial score (nSPS) is 14.6. The number of amides is 1. The number of anilines is 1. The third kappa shape index (κ3) is 5.45. The monoisotopic (exact) mass is 486 g/mol. The fraction of sp³-hybridized carbons (Fsp3) is 0.250. The van der Waals surface area contributed by atoms with Crippen LogP contribution in [0.5, 0.6) is 5.75 Å². The van der Waals surface area contributed by atoms with Crippen molar-refractivity contribution in [2.75, 3.05) is 17.8 Å². The van der Waals surface area contributed by atoms with E-state index in [1.165, 1.54) is 36.4 Å². The van der Waals surface area contributed by atoms with Crippen LogP contribution in [-0.2, 0) is 10.0 Å². The van der Waals surface area contributed by atoms with Crippen LogP contribution in [0.3, 0.4) is 0 Å². The molecule has 0 radical (unpaired) electrons. The molecule has 8 nitrogen and oxygen atoms in total. The number of benzene rings is 2. The number of nitrogens with zero attached hydrogens (tertiary/aromatic N) is 1. The fourth-order valence-electron chi connectivity index (χ4n) is 3.78. The number of sulfonamides is 1. The summed E-state index contributed by atoms with van der Waals surface area (Å²) in [7, 11) is -4.15.